The van der Waals surface area contributed by atoms with Crippen LogP contribution in [-0.2, 0) is 0 Å². The standard InChI is InChI=1S/C8H14N4S/c1-5-3-6(5)4-12(2)8-10-7(9)11-13-8/h5-6H,3-4H2,1-2H3,(H2,9,11). The van der Waals surface area contributed by atoms with Crippen molar-refractivity contribution in [3.05, 3.63) is 0 Å². The Bertz CT molecular complexity index is 298. The van der Waals surface area contributed by atoms with Gasteiger partial charge >= 0.3 is 0 Å². The number of nitrogens with zero attached hydrogens (tertiary/aromatic N) is 3. The summed E-state index contributed by atoms with van der Waals surface area (Å²) in [5.41, 5.74) is 5.45. The predicted octanol–water partition coefficient (Wildman–Crippen LogP) is 1.21. The molecule has 2 rings (SSSR count). The first kappa shape index (κ1) is 8.74. The van der Waals surface area contributed by atoms with Gasteiger partial charge in [-0.1, -0.05) is 6.92 Å². The van der Waals surface area contributed by atoms with Gasteiger partial charge in [-0.15, -0.1) is 0 Å². The van der Waals surface area contributed by atoms with E-state index < -0.39 is 0 Å². The molecule has 1 saturated carbocycles. The summed E-state index contributed by atoms with van der Waals surface area (Å²) < 4.78 is 3.95. The molecule has 0 radical (unpaired) electrons. The fraction of sp³-hybridized carbons (Fsp3) is 0.750. The smallest absolute Gasteiger partial charge is 0.233 e. The maximum atomic E-state index is 5.45. The highest BCUT2D eigenvalue weighted by molar-refractivity contribution is 7.09. The van der Waals surface area contributed by atoms with Crippen molar-refractivity contribution in [2.24, 2.45) is 11.8 Å². The molecule has 13 heavy (non-hydrogen) atoms. The van der Waals surface area contributed by atoms with Crippen LogP contribution in [0.5, 0.6) is 0 Å². The van der Waals surface area contributed by atoms with E-state index in [2.05, 4.69) is 21.2 Å². The summed E-state index contributed by atoms with van der Waals surface area (Å²) in [6.45, 7) is 3.36. The molecule has 0 saturated heterocycles. The second-order valence-corrected chi connectivity index (χ2v) is 4.52. The van der Waals surface area contributed by atoms with E-state index in [-0.39, 0.29) is 0 Å². The number of anilines is 2. The highest BCUT2D eigenvalue weighted by atomic mass is 32.1. The largest absolute Gasteiger partial charge is 0.367 e. The van der Waals surface area contributed by atoms with Crippen molar-refractivity contribution in [2.75, 3.05) is 24.2 Å². The molecule has 1 aromatic heterocycles. The predicted molar refractivity (Wildman–Crippen MR) is 54.9 cm³/mol. The van der Waals surface area contributed by atoms with Crippen molar-refractivity contribution < 1.29 is 0 Å². The number of nitrogen functional groups attached to an aromatic ring is 1. The zero-order valence-corrected chi connectivity index (χ0v) is 8.71. The highest BCUT2D eigenvalue weighted by Crippen LogP contribution is 2.38. The van der Waals surface area contributed by atoms with Crippen molar-refractivity contribution in [1.29, 1.82) is 0 Å². The summed E-state index contributed by atoms with van der Waals surface area (Å²) in [4.78, 5) is 6.27. The van der Waals surface area contributed by atoms with Crippen molar-refractivity contribution >= 4 is 22.6 Å². The molecule has 5 heteroatoms. The van der Waals surface area contributed by atoms with Gasteiger partial charge in [-0.25, -0.2) is 0 Å². The third-order valence-electron chi connectivity index (χ3n) is 2.54. The number of rotatable bonds is 3. The monoisotopic (exact) mass is 198 g/mol. The van der Waals surface area contributed by atoms with Crippen LogP contribution < -0.4 is 10.6 Å². The molecule has 2 unspecified atom stereocenters. The fourth-order valence-corrected chi connectivity index (χ4v) is 2.03. The number of hydrogen-bond donors (Lipinski definition) is 1. The molecular weight excluding hydrogens is 184 g/mol. The minimum Gasteiger partial charge on any atom is -0.367 e. The molecule has 1 aromatic rings. The Balaban J connectivity index is 1.93. The van der Waals surface area contributed by atoms with E-state index in [1.165, 1.54) is 18.0 Å². The van der Waals surface area contributed by atoms with Gasteiger partial charge in [0.05, 0.1) is 0 Å². The first-order valence-electron chi connectivity index (χ1n) is 4.47. The molecule has 0 amide bonds. The average molecular weight is 198 g/mol. The molecule has 72 valence electrons. The van der Waals surface area contributed by atoms with E-state index in [4.69, 9.17) is 5.73 Å². The Labute approximate surface area is 81.9 Å². The van der Waals surface area contributed by atoms with E-state index in [1.54, 1.807) is 0 Å². The fourth-order valence-electron chi connectivity index (χ4n) is 1.46. The second-order valence-electron chi connectivity index (χ2n) is 3.79. The Morgan fingerprint density at radius 2 is 2.38 bits per heavy atom. The minimum atomic E-state index is 0.385. The second kappa shape index (κ2) is 3.14. The lowest BCUT2D eigenvalue weighted by Crippen LogP contribution is -2.20. The van der Waals surface area contributed by atoms with Gasteiger partial charge in [0.2, 0.25) is 11.1 Å². The van der Waals surface area contributed by atoms with E-state index in [0.717, 1.165) is 23.5 Å². The first-order chi connectivity index (χ1) is 6.16. The van der Waals surface area contributed by atoms with E-state index >= 15 is 0 Å². The molecule has 2 atom stereocenters. The van der Waals surface area contributed by atoms with Crippen LogP contribution in [-0.4, -0.2) is 22.9 Å². The normalized spacial score (nSPS) is 26.0. The van der Waals surface area contributed by atoms with Gasteiger partial charge in [0.25, 0.3) is 0 Å². The van der Waals surface area contributed by atoms with Crippen LogP contribution in [0.4, 0.5) is 11.1 Å². The Morgan fingerprint density at radius 3 is 2.85 bits per heavy atom. The van der Waals surface area contributed by atoms with Crippen LogP contribution in [0, 0.1) is 11.8 Å². The molecular formula is C8H14N4S. The van der Waals surface area contributed by atoms with E-state index in [1.807, 2.05) is 7.05 Å². The van der Waals surface area contributed by atoms with Crippen molar-refractivity contribution in [3.8, 4) is 0 Å². The Hall–Kier alpha value is -0.840. The summed E-state index contributed by atoms with van der Waals surface area (Å²) in [5.74, 6) is 2.11. The molecule has 1 fully saturated rings. The number of nitrogens with two attached hydrogens (primary N) is 1. The topological polar surface area (TPSA) is 55.0 Å². The minimum absolute atomic E-state index is 0.385. The van der Waals surface area contributed by atoms with Gasteiger partial charge < -0.3 is 10.6 Å². The zero-order valence-electron chi connectivity index (χ0n) is 7.90. The molecule has 2 N–H and O–H groups in total. The van der Waals surface area contributed by atoms with Crippen LogP contribution in [0.25, 0.3) is 0 Å². The molecule has 0 bridgehead atoms. The summed E-state index contributed by atoms with van der Waals surface area (Å²) in [7, 11) is 2.05. The lowest BCUT2D eigenvalue weighted by Gasteiger charge is -2.13. The average Bonchev–Trinajstić information content (AvgIpc) is 2.62. The summed E-state index contributed by atoms with van der Waals surface area (Å²) in [6, 6.07) is 0. The molecule has 0 spiro atoms. The SMILES string of the molecule is CC1CC1CN(C)c1nc(N)ns1. The van der Waals surface area contributed by atoms with Crippen LogP contribution in [0.15, 0.2) is 0 Å². The van der Waals surface area contributed by atoms with Gasteiger partial charge in [-0.2, -0.15) is 9.36 Å². The van der Waals surface area contributed by atoms with Crippen LogP contribution in [0.3, 0.4) is 0 Å². The molecule has 0 aromatic carbocycles. The van der Waals surface area contributed by atoms with E-state index in [0.29, 0.717) is 5.95 Å². The summed E-state index contributed by atoms with van der Waals surface area (Å²) in [6.07, 6.45) is 1.35. The molecule has 4 nitrogen and oxygen atoms in total. The van der Waals surface area contributed by atoms with Gasteiger partial charge in [-0.3, -0.25) is 0 Å². The Kier molecular flexibility index (Phi) is 2.11. The van der Waals surface area contributed by atoms with Crippen LogP contribution in [0.1, 0.15) is 13.3 Å². The quantitative estimate of drug-likeness (QED) is 0.793. The summed E-state index contributed by atoms with van der Waals surface area (Å²) >= 11 is 1.37. The lowest BCUT2D eigenvalue weighted by atomic mass is 10.3. The third kappa shape index (κ3) is 1.91. The van der Waals surface area contributed by atoms with Crippen molar-refractivity contribution in [1.82, 2.24) is 9.36 Å². The van der Waals surface area contributed by atoms with Crippen LogP contribution >= 0.6 is 11.5 Å². The highest BCUT2D eigenvalue weighted by Gasteiger charge is 2.33. The molecule has 0 aliphatic heterocycles. The Morgan fingerprint density at radius 1 is 1.69 bits per heavy atom. The molecule has 1 heterocycles. The van der Waals surface area contributed by atoms with Gasteiger partial charge in [0.15, 0.2) is 0 Å². The first-order valence-corrected chi connectivity index (χ1v) is 5.24. The summed E-state index contributed by atoms with van der Waals surface area (Å²) in [5, 5.41) is 0.927. The molecule has 1 aliphatic rings. The van der Waals surface area contributed by atoms with Gasteiger partial charge in [0.1, 0.15) is 0 Å². The van der Waals surface area contributed by atoms with Crippen LogP contribution in [0.2, 0.25) is 0 Å². The maximum absolute atomic E-state index is 5.45. The molecule has 1 aliphatic carbocycles. The van der Waals surface area contributed by atoms with Crippen molar-refractivity contribution in [3.63, 3.8) is 0 Å². The lowest BCUT2D eigenvalue weighted by molar-refractivity contribution is 0.724. The third-order valence-corrected chi connectivity index (χ3v) is 3.39. The van der Waals surface area contributed by atoms with Crippen molar-refractivity contribution in [2.45, 2.75) is 13.3 Å². The number of hydrogen-bond acceptors (Lipinski definition) is 5. The maximum Gasteiger partial charge on any atom is 0.233 e. The van der Waals surface area contributed by atoms with Gasteiger partial charge in [-0.05, 0) is 18.3 Å². The zero-order chi connectivity index (χ0) is 9.42. The number of aromatic nitrogens is 2. The van der Waals surface area contributed by atoms with E-state index in [9.17, 15) is 0 Å². The van der Waals surface area contributed by atoms with Gasteiger partial charge in [0, 0.05) is 25.1 Å².